The van der Waals surface area contributed by atoms with Crippen molar-refractivity contribution in [2.24, 2.45) is 0 Å². The van der Waals surface area contributed by atoms with E-state index in [1.807, 2.05) is 0 Å². The molecule has 2 heterocycles. The SMILES string of the molecule is c1ccc2c(-n3c4ccc(-c5ccc(-n6ccc7ccccc76)cc5)cc4c4ccc5ccccc5c43)cccc2c1. The van der Waals surface area contributed by atoms with E-state index in [4.69, 9.17) is 0 Å². The molecule has 7 aromatic carbocycles. The van der Waals surface area contributed by atoms with Crippen LogP contribution in [-0.4, -0.2) is 9.13 Å². The molecule has 0 amide bonds. The maximum atomic E-state index is 2.47. The van der Waals surface area contributed by atoms with E-state index in [-0.39, 0.29) is 0 Å². The van der Waals surface area contributed by atoms with Crippen LogP contribution in [0.4, 0.5) is 0 Å². The molecule has 0 N–H and O–H groups in total. The minimum Gasteiger partial charge on any atom is -0.317 e. The Kier molecular flexibility index (Phi) is 4.93. The normalized spacial score (nSPS) is 11.8. The van der Waals surface area contributed by atoms with Crippen molar-refractivity contribution < 1.29 is 0 Å². The van der Waals surface area contributed by atoms with Gasteiger partial charge in [0.1, 0.15) is 0 Å². The monoisotopic (exact) mass is 534 g/mol. The van der Waals surface area contributed by atoms with Crippen molar-refractivity contribution in [3.8, 4) is 22.5 Å². The fourth-order valence-electron chi connectivity index (χ4n) is 6.74. The summed E-state index contributed by atoms with van der Waals surface area (Å²) in [5.41, 5.74) is 8.50. The molecule has 2 aromatic heterocycles. The van der Waals surface area contributed by atoms with Crippen molar-refractivity contribution in [2.75, 3.05) is 0 Å². The molecular formula is C40H26N2. The maximum Gasteiger partial charge on any atom is 0.0619 e. The quantitative estimate of drug-likeness (QED) is 0.213. The third-order valence-electron chi connectivity index (χ3n) is 8.74. The molecule has 2 nitrogen and oxygen atoms in total. The van der Waals surface area contributed by atoms with Gasteiger partial charge < -0.3 is 9.13 Å². The molecule has 9 aromatic rings. The van der Waals surface area contributed by atoms with Gasteiger partial charge in [-0.1, -0.05) is 109 Å². The van der Waals surface area contributed by atoms with Crippen LogP contribution >= 0.6 is 0 Å². The maximum absolute atomic E-state index is 2.47. The average molecular weight is 535 g/mol. The Morgan fingerprint density at radius 1 is 0.381 bits per heavy atom. The van der Waals surface area contributed by atoms with Crippen molar-refractivity contribution in [3.63, 3.8) is 0 Å². The molecule has 0 atom stereocenters. The van der Waals surface area contributed by atoms with Crippen molar-refractivity contribution in [2.45, 2.75) is 0 Å². The van der Waals surface area contributed by atoms with Gasteiger partial charge in [0, 0.05) is 33.4 Å². The van der Waals surface area contributed by atoms with Crippen LogP contribution in [0.15, 0.2) is 158 Å². The first-order valence-electron chi connectivity index (χ1n) is 14.4. The summed E-state index contributed by atoms with van der Waals surface area (Å²) in [6.07, 6.45) is 2.15. The second-order valence-corrected chi connectivity index (χ2v) is 11.0. The highest BCUT2D eigenvalue weighted by molar-refractivity contribution is 6.19. The lowest BCUT2D eigenvalue weighted by Crippen LogP contribution is -1.96. The minimum atomic E-state index is 1.17. The third kappa shape index (κ3) is 3.39. The average Bonchev–Trinajstić information content (AvgIpc) is 3.64. The van der Waals surface area contributed by atoms with Crippen molar-refractivity contribution >= 4 is 54.3 Å². The van der Waals surface area contributed by atoms with Gasteiger partial charge in [0.05, 0.1) is 22.2 Å². The summed E-state index contributed by atoms with van der Waals surface area (Å²) >= 11 is 0. The van der Waals surface area contributed by atoms with Crippen LogP contribution in [-0.2, 0) is 0 Å². The molecule has 0 fully saturated rings. The molecule has 0 unspecified atom stereocenters. The van der Waals surface area contributed by atoms with Gasteiger partial charge in [0.15, 0.2) is 0 Å². The summed E-state index contributed by atoms with van der Waals surface area (Å²) in [6, 6.07) is 55.1. The van der Waals surface area contributed by atoms with Gasteiger partial charge in [0.2, 0.25) is 0 Å². The summed E-state index contributed by atoms with van der Waals surface area (Å²) in [5.74, 6) is 0. The van der Waals surface area contributed by atoms with E-state index in [0.717, 1.165) is 0 Å². The Labute approximate surface area is 243 Å². The van der Waals surface area contributed by atoms with Gasteiger partial charge in [-0.3, -0.25) is 0 Å². The summed E-state index contributed by atoms with van der Waals surface area (Å²) in [4.78, 5) is 0. The van der Waals surface area contributed by atoms with Gasteiger partial charge in [-0.05, 0) is 69.8 Å². The molecular weight excluding hydrogens is 508 g/mol. The van der Waals surface area contributed by atoms with E-state index >= 15 is 0 Å². The van der Waals surface area contributed by atoms with E-state index in [1.54, 1.807) is 0 Å². The molecule has 2 heteroatoms. The fourth-order valence-corrected chi connectivity index (χ4v) is 6.74. The topological polar surface area (TPSA) is 9.86 Å². The van der Waals surface area contributed by atoms with Crippen molar-refractivity contribution in [3.05, 3.63) is 158 Å². The Morgan fingerprint density at radius 3 is 1.93 bits per heavy atom. The summed E-state index contributed by atoms with van der Waals surface area (Å²) in [5, 5.41) is 8.81. The number of para-hydroxylation sites is 1. The van der Waals surface area contributed by atoms with E-state index in [2.05, 4.69) is 167 Å². The van der Waals surface area contributed by atoms with Crippen LogP contribution in [0.5, 0.6) is 0 Å². The standard InChI is InChI=1S/C40H26N2/c1-4-12-33-28(8-1)11-7-15-38(33)42-39-23-19-31(26-36(39)35-22-18-29-9-2-5-13-34(29)40(35)42)27-16-20-32(21-17-27)41-25-24-30-10-3-6-14-37(30)41/h1-26H. The van der Waals surface area contributed by atoms with Crippen LogP contribution in [0, 0.1) is 0 Å². The zero-order valence-corrected chi connectivity index (χ0v) is 22.9. The Morgan fingerprint density at radius 2 is 1.07 bits per heavy atom. The van der Waals surface area contributed by atoms with Crippen molar-refractivity contribution in [1.82, 2.24) is 9.13 Å². The number of nitrogens with zero attached hydrogens (tertiary/aromatic N) is 2. The molecule has 0 saturated carbocycles. The van der Waals surface area contributed by atoms with Crippen LogP contribution < -0.4 is 0 Å². The minimum absolute atomic E-state index is 1.17. The lowest BCUT2D eigenvalue weighted by Gasteiger charge is -2.13. The Balaban J connectivity index is 1.27. The number of hydrogen-bond donors (Lipinski definition) is 0. The van der Waals surface area contributed by atoms with Gasteiger partial charge in [-0.15, -0.1) is 0 Å². The molecule has 0 aliphatic carbocycles. The molecule has 9 rings (SSSR count). The predicted octanol–water partition coefficient (Wildman–Crippen LogP) is 10.7. The number of fused-ring (bicyclic) bond motifs is 7. The van der Waals surface area contributed by atoms with Crippen molar-refractivity contribution in [1.29, 1.82) is 0 Å². The molecule has 0 spiro atoms. The van der Waals surface area contributed by atoms with E-state index in [1.165, 1.54) is 76.8 Å². The first-order chi connectivity index (χ1) is 20.8. The smallest absolute Gasteiger partial charge is 0.0619 e. The number of hydrogen-bond acceptors (Lipinski definition) is 0. The van der Waals surface area contributed by atoms with E-state index in [0.29, 0.717) is 0 Å². The Hall–Kier alpha value is -5.60. The molecule has 0 radical (unpaired) electrons. The van der Waals surface area contributed by atoms with Gasteiger partial charge in [0.25, 0.3) is 0 Å². The zero-order chi connectivity index (χ0) is 27.6. The largest absolute Gasteiger partial charge is 0.317 e. The third-order valence-corrected chi connectivity index (χ3v) is 8.74. The highest BCUT2D eigenvalue weighted by atomic mass is 15.0. The fraction of sp³-hybridized carbons (Fsp3) is 0. The molecule has 196 valence electrons. The van der Waals surface area contributed by atoms with Crippen LogP contribution in [0.3, 0.4) is 0 Å². The predicted molar refractivity (Wildman–Crippen MR) is 178 cm³/mol. The highest BCUT2D eigenvalue weighted by Gasteiger charge is 2.17. The van der Waals surface area contributed by atoms with Crippen LogP contribution in [0.2, 0.25) is 0 Å². The van der Waals surface area contributed by atoms with Gasteiger partial charge in [-0.25, -0.2) is 0 Å². The molecule has 0 aliphatic heterocycles. The lowest BCUT2D eigenvalue weighted by molar-refractivity contribution is 1.13. The summed E-state index contributed by atoms with van der Waals surface area (Å²) in [7, 11) is 0. The first kappa shape index (κ1) is 23.1. The van der Waals surface area contributed by atoms with E-state index in [9.17, 15) is 0 Å². The number of benzene rings is 7. The number of aromatic nitrogens is 2. The number of rotatable bonds is 3. The highest BCUT2D eigenvalue weighted by Crippen LogP contribution is 2.40. The molecule has 0 aliphatic rings. The summed E-state index contributed by atoms with van der Waals surface area (Å²) in [6.45, 7) is 0. The van der Waals surface area contributed by atoms with E-state index < -0.39 is 0 Å². The zero-order valence-electron chi connectivity index (χ0n) is 22.9. The molecule has 0 bridgehead atoms. The Bertz CT molecular complexity index is 2450. The molecule has 0 saturated heterocycles. The first-order valence-corrected chi connectivity index (χ1v) is 14.4. The lowest BCUT2D eigenvalue weighted by atomic mass is 10.0. The second kappa shape index (κ2) is 8.95. The van der Waals surface area contributed by atoms with Gasteiger partial charge in [-0.2, -0.15) is 0 Å². The van der Waals surface area contributed by atoms with Gasteiger partial charge >= 0.3 is 0 Å². The molecule has 42 heavy (non-hydrogen) atoms. The van der Waals surface area contributed by atoms with Crippen LogP contribution in [0.25, 0.3) is 76.8 Å². The second-order valence-electron chi connectivity index (χ2n) is 11.0. The summed E-state index contributed by atoms with van der Waals surface area (Å²) < 4.78 is 4.73. The van der Waals surface area contributed by atoms with Crippen LogP contribution in [0.1, 0.15) is 0 Å².